The van der Waals surface area contributed by atoms with Gasteiger partial charge in [-0.25, -0.2) is 9.59 Å². The van der Waals surface area contributed by atoms with Crippen molar-refractivity contribution in [3.8, 4) is 0 Å². The summed E-state index contributed by atoms with van der Waals surface area (Å²) in [4.78, 5) is 25.3. The molecule has 0 bridgehead atoms. The van der Waals surface area contributed by atoms with Crippen LogP contribution in [0.1, 0.15) is 48.5 Å². The van der Waals surface area contributed by atoms with Gasteiger partial charge in [0.25, 0.3) is 0 Å². The minimum Gasteiger partial charge on any atom is -0.463 e. The molecule has 0 heterocycles. The molecule has 1 atom stereocenters. The van der Waals surface area contributed by atoms with Gasteiger partial charge >= 0.3 is 12.1 Å². The normalized spacial score (nSPS) is 13.9. The molecule has 0 aliphatic carbocycles. The summed E-state index contributed by atoms with van der Waals surface area (Å²) >= 11 is 0. The van der Waals surface area contributed by atoms with Crippen molar-refractivity contribution >= 4 is 12.1 Å². The van der Waals surface area contributed by atoms with Gasteiger partial charge in [0, 0.05) is 12.6 Å². The van der Waals surface area contributed by atoms with E-state index in [0.29, 0.717) is 12.2 Å². The van der Waals surface area contributed by atoms with Crippen molar-refractivity contribution in [2.24, 2.45) is 5.92 Å². The molecule has 0 aliphatic rings. The van der Waals surface area contributed by atoms with Gasteiger partial charge in [-0.15, -0.1) is 0 Å². The van der Waals surface area contributed by atoms with Gasteiger partial charge in [-0.1, -0.05) is 19.9 Å². The zero-order valence-electron chi connectivity index (χ0n) is 14.5. The van der Waals surface area contributed by atoms with Crippen LogP contribution in [-0.4, -0.2) is 42.3 Å². The maximum atomic E-state index is 12.1. The Morgan fingerprint density at radius 2 is 1.76 bits per heavy atom. The fourth-order valence-corrected chi connectivity index (χ4v) is 1.78. The van der Waals surface area contributed by atoms with Gasteiger partial charge in [-0.2, -0.15) is 0 Å². The first-order chi connectivity index (χ1) is 9.49. The molecule has 0 unspecified atom stereocenters. The number of hydrogen-bond acceptors (Lipinski definition) is 4. The molecular weight excluding hydrogens is 270 g/mol. The molecule has 0 aliphatic heterocycles. The molecule has 0 N–H and O–H groups in total. The minimum absolute atomic E-state index is 0.145. The van der Waals surface area contributed by atoms with Gasteiger partial charge in [-0.05, 0) is 40.5 Å². The molecule has 0 radical (unpaired) electrons. The smallest absolute Gasteiger partial charge is 0.410 e. The van der Waals surface area contributed by atoms with Gasteiger partial charge in [0.1, 0.15) is 5.60 Å². The van der Waals surface area contributed by atoms with E-state index in [2.05, 4.69) is 0 Å². The SMILES string of the molecule is CCOC(=O)C(C)=C[C@H](C(C)C)N(C)C(=O)OC(C)(C)C. The Labute approximate surface area is 128 Å². The van der Waals surface area contributed by atoms with Crippen LogP contribution in [0, 0.1) is 5.92 Å². The average molecular weight is 299 g/mol. The van der Waals surface area contributed by atoms with Crippen molar-refractivity contribution in [3.05, 3.63) is 11.6 Å². The van der Waals surface area contributed by atoms with E-state index in [1.54, 1.807) is 27.0 Å². The molecule has 21 heavy (non-hydrogen) atoms. The van der Waals surface area contributed by atoms with E-state index in [1.807, 2.05) is 34.6 Å². The third kappa shape index (κ3) is 7.16. The topological polar surface area (TPSA) is 55.8 Å². The molecule has 0 spiro atoms. The molecule has 1 amide bonds. The quantitative estimate of drug-likeness (QED) is 0.577. The van der Waals surface area contributed by atoms with Crippen LogP contribution in [0.15, 0.2) is 11.6 Å². The molecule has 0 fully saturated rings. The van der Waals surface area contributed by atoms with Gasteiger partial charge in [0.15, 0.2) is 0 Å². The Bertz CT molecular complexity index is 394. The van der Waals surface area contributed by atoms with E-state index in [4.69, 9.17) is 9.47 Å². The summed E-state index contributed by atoms with van der Waals surface area (Å²) in [5.41, 5.74) is -0.0572. The summed E-state index contributed by atoms with van der Waals surface area (Å²) in [5.74, 6) is -0.215. The fraction of sp³-hybridized carbons (Fsp3) is 0.750. The number of nitrogens with zero attached hydrogens (tertiary/aromatic N) is 1. The number of carbonyl (C=O) groups excluding carboxylic acids is 2. The van der Waals surface area contributed by atoms with Crippen LogP contribution >= 0.6 is 0 Å². The van der Waals surface area contributed by atoms with Crippen LogP contribution in [0.2, 0.25) is 0 Å². The highest BCUT2D eigenvalue weighted by molar-refractivity contribution is 5.88. The zero-order chi connectivity index (χ0) is 16.8. The second-order valence-corrected chi connectivity index (χ2v) is 6.40. The molecule has 5 heteroatoms. The van der Waals surface area contributed by atoms with Crippen molar-refractivity contribution in [2.75, 3.05) is 13.7 Å². The monoisotopic (exact) mass is 299 g/mol. The highest BCUT2D eigenvalue weighted by atomic mass is 16.6. The van der Waals surface area contributed by atoms with E-state index in [0.717, 1.165) is 0 Å². The number of esters is 1. The summed E-state index contributed by atoms with van der Waals surface area (Å²) in [6.45, 7) is 13.2. The maximum absolute atomic E-state index is 12.1. The first-order valence-electron chi connectivity index (χ1n) is 7.31. The van der Waals surface area contributed by atoms with E-state index < -0.39 is 11.7 Å². The predicted molar refractivity (Wildman–Crippen MR) is 83.0 cm³/mol. The summed E-state index contributed by atoms with van der Waals surface area (Å²) in [5, 5.41) is 0. The zero-order valence-corrected chi connectivity index (χ0v) is 14.5. The fourth-order valence-electron chi connectivity index (χ4n) is 1.78. The Morgan fingerprint density at radius 3 is 2.14 bits per heavy atom. The number of amides is 1. The van der Waals surface area contributed by atoms with Crippen LogP contribution < -0.4 is 0 Å². The lowest BCUT2D eigenvalue weighted by atomic mass is 10.0. The molecular formula is C16H29NO4. The van der Waals surface area contributed by atoms with Gasteiger partial charge in [-0.3, -0.25) is 0 Å². The highest BCUT2D eigenvalue weighted by Gasteiger charge is 2.26. The number of ether oxygens (including phenoxy) is 2. The number of likely N-dealkylation sites (N-methyl/N-ethyl adjacent to an activating group) is 1. The van der Waals surface area contributed by atoms with Crippen molar-refractivity contribution in [1.29, 1.82) is 0 Å². The minimum atomic E-state index is -0.549. The van der Waals surface area contributed by atoms with E-state index in [-0.39, 0.29) is 17.9 Å². The van der Waals surface area contributed by atoms with Crippen molar-refractivity contribution < 1.29 is 19.1 Å². The largest absolute Gasteiger partial charge is 0.463 e. The Morgan fingerprint density at radius 1 is 1.24 bits per heavy atom. The van der Waals surface area contributed by atoms with Crippen LogP contribution in [0.25, 0.3) is 0 Å². The Balaban J connectivity index is 5.10. The van der Waals surface area contributed by atoms with Gasteiger partial charge in [0.05, 0.1) is 12.6 Å². The van der Waals surface area contributed by atoms with Gasteiger partial charge < -0.3 is 14.4 Å². The van der Waals surface area contributed by atoms with E-state index >= 15 is 0 Å². The molecule has 122 valence electrons. The Kier molecular flexibility index (Phi) is 7.47. The number of hydrogen-bond donors (Lipinski definition) is 0. The maximum Gasteiger partial charge on any atom is 0.410 e. The van der Waals surface area contributed by atoms with Crippen molar-refractivity contribution in [2.45, 2.75) is 60.1 Å². The summed E-state index contributed by atoms with van der Waals surface area (Å²) in [7, 11) is 1.67. The molecule has 0 aromatic heterocycles. The molecule has 0 saturated carbocycles. The first-order valence-corrected chi connectivity index (χ1v) is 7.31. The molecule has 0 rings (SSSR count). The molecule has 0 saturated heterocycles. The first kappa shape index (κ1) is 19.5. The summed E-state index contributed by atoms with van der Waals surface area (Å²) in [6.07, 6.45) is 1.35. The molecule has 5 nitrogen and oxygen atoms in total. The van der Waals surface area contributed by atoms with Crippen LogP contribution in [-0.2, 0) is 14.3 Å². The van der Waals surface area contributed by atoms with Crippen LogP contribution in [0.4, 0.5) is 4.79 Å². The number of carbonyl (C=O) groups is 2. The second kappa shape index (κ2) is 8.05. The van der Waals surface area contributed by atoms with Crippen LogP contribution in [0.3, 0.4) is 0 Å². The lowest BCUT2D eigenvalue weighted by Crippen LogP contribution is -2.42. The van der Waals surface area contributed by atoms with Gasteiger partial charge in [0.2, 0.25) is 0 Å². The Hall–Kier alpha value is -1.52. The lowest BCUT2D eigenvalue weighted by molar-refractivity contribution is -0.138. The lowest BCUT2D eigenvalue weighted by Gasteiger charge is -2.31. The predicted octanol–water partition coefficient (Wildman–Crippen LogP) is 3.39. The molecule has 0 aromatic rings. The third-order valence-electron chi connectivity index (χ3n) is 2.83. The van der Waals surface area contributed by atoms with Crippen molar-refractivity contribution in [3.63, 3.8) is 0 Å². The highest BCUT2D eigenvalue weighted by Crippen LogP contribution is 2.17. The standard InChI is InChI=1S/C16H29NO4/c1-9-20-14(18)12(4)10-13(11(2)3)17(8)15(19)21-16(5,6)7/h10-11,13H,9H2,1-8H3/t13-/m1/s1. The van der Waals surface area contributed by atoms with E-state index in [1.165, 1.54) is 4.90 Å². The second-order valence-electron chi connectivity index (χ2n) is 6.40. The number of rotatable bonds is 5. The third-order valence-corrected chi connectivity index (χ3v) is 2.83. The average Bonchev–Trinajstić information content (AvgIpc) is 2.32. The van der Waals surface area contributed by atoms with E-state index in [9.17, 15) is 9.59 Å². The molecule has 0 aromatic carbocycles. The van der Waals surface area contributed by atoms with Crippen molar-refractivity contribution in [1.82, 2.24) is 4.90 Å². The summed E-state index contributed by atoms with van der Waals surface area (Å²) < 4.78 is 10.3. The summed E-state index contributed by atoms with van der Waals surface area (Å²) in [6, 6.07) is -0.232. The van der Waals surface area contributed by atoms with Crippen LogP contribution in [0.5, 0.6) is 0 Å².